The van der Waals surface area contributed by atoms with Gasteiger partial charge in [0.05, 0.1) is 11.6 Å². The van der Waals surface area contributed by atoms with Crippen molar-refractivity contribution in [3.63, 3.8) is 0 Å². The van der Waals surface area contributed by atoms with Crippen LogP contribution >= 0.6 is 39.1 Å². The third kappa shape index (κ3) is 5.79. The van der Waals surface area contributed by atoms with Crippen molar-refractivity contribution < 1.29 is 14.3 Å². The molecule has 6 nitrogen and oxygen atoms in total. The largest absolute Gasteiger partial charge is 0.489 e. The van der Waals surface area contributed by atoms with E-state index < -0.39 is 5.92 Å². The fraction of sp³-hybridized carbons (Fsp3) is 0.167. The molecule has 1 heterocycles. The fourth-order valence-corrected chi connectivity index (χ4v) is 4.22. The molecular weight excluding hydrogens is 529 g/mol. The Kier molecular flexibility index (Phi) is 7.42. The number of hydrogen-bond acceptors (Lipinski definition) is 4. The summed E-state index contributed by atoms with van der Waals surface area (Å²) < 4.78 is 6.69. The van der Waals surface area contributed by atoms with Crippen molar-refractivity contribution >= 4 is 62.3 Å². The first-order valence-corrected chi connectivity index (χ1v) is 11.7. The van der Waals surface area contributed by atoms with Crippen LogP contribution in [0.3, 0.4) is 0 Å². The molecule has 1 fully saturated rings. The second-order valence-electron chi connectivity index (χ2n) is 7.51. The van der Waals surface area contributed by atoms with Gasteiger partial charge in [-0.2, -0.15) is 0 Å². The van der Waals surface area contributed by atoms with Gasteiger partial charge in [0.2, 0.25) is 11.8 Å². The average molecular weight is 549 g/mol. The van der Waals surface area contributed by atoms with Gasteiger partial charge in [-0.3, -0.25) is 20.4 Å². The lowest BCUT2D eigenvalue weighted by Gasteiger charge is -2.17. The van der Waals surface area contributed by atoms with Gasteiger partial charge in [-0.1, -0.05) is 45.2 Å². The average Bonchev–Trinajstić information content (AvgIpc) is 3.20. The minimum atomic E-state index is -0.434. The second kappa shape index (κ2) is 10.5. The second-order valence-corrected chi connectivity index (χ2v) is 9.24. The van der Waals surface area contributed by atoms with Crippen molar-refractivity contribution in [1.29, 1.82) is 0 Å². The maximum absolute atomic E-state index is 12.6. The topological polar surface area (TPSA) is 70.7 Å². The first-order valence-electron chi connectivity index (χ1n) is 10.2. The van der Waals surface area contributed by atoms with Gasteiger partial charge in [-0.25, -0.2) is 0 Å². The molecule has 1 atom stereocenters. The molecule has 2 amide bonds. The molecule has 0 spiro atoms. The van der Waals surface area contributed by atoms with Gasteiger partial charge in [0.1, 0.15) is 12.4 Å². The van der Waals surface area contributed by atoms with E-state index in [9.17, 15) is 9.59 Å². The summed E-state index contributed by atoms with van der Waals surface area (Å²) >= 11 is 15.7. The number of rotatable bonds is 7. The zero-order valence-corrected chi connectivity index (χ0v) is 20.5. The molecule has 0 radical (unpaired) electrons. The first-order chi connectivity index (χ1) is 15.9. The van der Waals surface area contributed by atoms with E-state index in [1.807, 2.05) is 24.3 Å². The van der Waals surface area contributed by atoms with E-state index >= 15 is 0 Å². The van der Waals surface area contributed by atoms with Crippen LogP contribution in [0.25, 0.3) is 0 Å². The van der Waals surface area contributed by atoms with Gasteiger partial charge in [-0.05, 0) is 60.7 Å². The summed E-state index contributed by atoms with van der Waals surface area (Å²) in [5, 5.41) is 1.10. The third-order valence-corrected chi connectivity index (χ3v) is 6.50. The number of hydrogen-bond donors (Lipinski definition) is 2. The Morgan fingerprint density at radius 1 is 1.03 bits per heavy atom. The van der Waals surface area contributed by atoms with Crippen LogP contribution in [0.4, 0.5) is 11.4 Å². The predicted molar refractivity (Wildman–Crippen MR) is 134 cm³/mol. The molecule has 2 N–H and O–H groups in total. The van der Waals surface area contributed by atoms with Crippen LogP contribution in [0, 0.1) is 5.92 Å². The highest BCUT2D eigenvalue weighted by molar-refractivity contribution is 9.10. The van der Waals surface area contributed by atoms with Crippen molar-refractivity contribution in [3.05, 3.63) is 86.8 Å². The minimum Gasteiger partial charge on any atom is -0.489 e. The number of nitrogens with one attached hydrogen (secondary N) is 2. The molecule has 0 aliphatic carbocycles. The molecule has 3 aromatic rings. The Morgan fingerprint density at radius 3 is 2.36 bits per heavy atom. The van der Waals surface area contributed by atoms with Crippen molar-refractivity contribution in [1.82, 2.24) is 5.43 Å². The van der Waals surface area contributed by atoms with Crippen LogP contribution in [-0.2, 0) is 16.2 Å². The van der Waals surface area contributed by atoms with E-state index in [1.165, 1.54) is 0 Å². The van der Waals surface area contributed by atoms with Crippen LogP contribution in [-0.4, -0.2) is 18.4 Å². The highest BCUT2D eigenvalue weighted by Gasteiger charge is 2.35. The molecule has 1 saturated heterocycles. The number of carbonyl (C=O) groups is 2. The quantitative estimate of drug-likeness (QED) is 0.364. The molecule has 0 bridgehead atoms. The number of carbonyl (C=O) groups excluding carboxylic acids is 2. The standard InChI is InChI=1S/C24H20BrCl2N3O3/c25-16-4-8-18(9-5-16)30-13-15(12-23(30)31)24(32)29-28-17-6-10-19(11-7-17)33-14-20-21(26)2-1-3-22(20)27/h1-11,15,28H,12-14H2,(H,29,32)/t15-/m1/s1. The summed E-state index contributed by atoms with van der Waals surface area (Å²) in [4.78, 5) is 26.6. The molecule has 0 aromatic heterocycles. The summed E-state index contributed by atoms with van der Waals surface area (Å²) in [5.74, 6) is -0.111. The zero-order valence-electron chi connectivity index (χ0n) is 17.4. The first kappa shape index (κ1) is 23.4. The Labute approximate surface area is 209 Å². The molecule has 3 aromatic carbocycles. The molecule has 170 valence electrons. The van der Waals surface area contributed by atoms with E-state index in [4.69, 9.17) is 27.9 Å². The van der Waals surface area contributed by atoms with E-state index in [-0.39, 0.29) is 24.8 Å². The number of amides is 2. The number of halogens is 3. The summed E-state index contributed by atoms with van der Waals surface area (Å²) in [6, 6.07) is 19.8. The Hall–Kier alpha value is -2.74. The number of hydrazine groups is 1. The molecule has 0 unspecified atom stereocenters. The van der Waals surface area contributed by atoms with Gasteiger partial charge >= 0.3 is 0 Å². The summed E-state index contributed by atoms with van der Waals surface area (Å²) in [7, 11) is 0. The van der Waals surface area contributed by atoms with E-state index in [2.05, 4.69) is 26.8 Å². The fourth-order valence-electron chi connectivity index (χ4n) is 3.45. The van der Waals surface area contributed by atoms with Gasteiger partial charge in [-0.15, -0.1) is 0 Å². The smallest absolute Gasteiger partial charge is 0.243 e. The van der Waals surface area contributed by atoms with E-state index in [0.29, 0.717) is 28.0 Å². The van der Waals surface area contributed by atoms with E-state index in [1.54, 1.807) is 47.4 Å². The third-order valence-electron chi connectivity index (χ3n) is 5.26. The Morgan fingerprint density at radius 2 is 1.70 bits per heavy atom. The maximum Gasteiger partial charge on any atom is 0.243 e. The van der Waals surface area contributed by atoms with Crippen LogP contribution in [0.15, 0.2) is 71.2 Å². The summed E-state index contributed by atoms with van der Waals surface area (Å²) in [5.41, 5.74) is 7.75. The van der Waals surface area contributed by atoms with Crippen LogP contribution in [0.5, 0.6) is 5.75 Å². The SMILES string of the molecule is O=C(NNc1ccc(OCc2c(Cl)cccc2Cl)cc1)[C@@H]1CC(=O)N(c2ccc(Br)cc2)C1. The van der Waals surface area contributed by atoms with Crippen LogP contribution < -0.4 is 20.5 Å². The number of anilines is 2. The van der Waals surface area contributed by atoms with Gasteiger partial charge in [0, 0.05) is 38.7 Å². The lowest BCUT2D eigenvalue weighted by molar-refractivity contribution is -0.125. The molecule has 0 saturated carbocycles. The van der Waals surface area contributed by atoms with E-state index in [0.717, 1.165) is 15.7 Å². The van der Waals surface area contributed by atoms with Crippen LogP contribution in [0.1, 0.15) is 12.0 Å². The minimum absolute atomic E-state index is 0.0717. The number of nitrogens with zero attached hydrogens (tertiary/aromatic N) is 1. The van der Waals surface area contributed by atoms with Gasteiger partial charge < -0.3 is 9.64 Å². The Balaban J connectivity index is 1.28. The summed E-state index contributed by atoms with van der Waals surface area (Å²) in [6.07, 6.45) is 0.168. The Bertz CT molecular complexity index is 1140. The molecule has 1 aliphatic rings. The molecule has 4 rings (SSSR count). The molecule has 33 heavy (non-hydrogen) atoms. The lowest BCUT2D eigenvalue weighted by Crippen LogP contribution is -2.36. The number of benzene rings is 3. The van der Waals surface area contributed by atoms with Crippen molar-refractivity contribution in [2.45, 2.75) is 13.0 Å². The molecule has 1 aliphatic heterocycles. The van der Waals surface area contributed by atoms with Crippen LogP contribution in [0.2, 0.25) is 10.0 Å². The highest BCUT2D eigenvalue weighted by Crippen LogP contribution is 2.28. The maximum atomic E-state index is 12.6. The molecule has 9 heteroatoms. The van der Waals surface area contributed by atoms with Crippen molar-refractivity contribution in [2.75, 3.05) is 16.9 Å². The van der Waals surface area contributed by atoms with Crippen molar-refractivity contribution in [3.8, 4) is 5.75 Å². The monoisotopic (exact) mass is 547 g/mol. The normalized spacial score (nSPS) is 15.4. The lowest BCUT2D eigenvalue weighted by atomic mass is 10.1. The zero-order chi connectivity index (χ0) is 23.4. The van der Waals surface area contributed by atoms with Crippen molar-refractivity contribution in [2.24, 2.45) is 5.92 Å². The summed E-state index contributed by atoms with van der Waals surface area (Å²) in [6.45, 7) is 0.581. The predicted octanol–water partition coefficient (Wildman–Crippen LogP) is 5.83. The number of ether oxygens (including phenoxy) is 1. The molecular formula is C24H20BrCl2N3O3. The van der Waals surface area contributed by atoms with Gasteiger partial charge in [0.15, 0.2) is 0 Å². The van der Waals surface area contributed by atoms with Gasteiger partial charge in [0.25, 0.3) is 0 Å². The highest BCUT2D eigenvalue weighted by atomic mass is 79.9.